The first-order chi connectivity index (χ1) is 9.92. The molecule has 0 fully saturated rings. The van der Waals surface area contributed by atoms with Crippen molar-refractivity contribution < 1.29 is 9.53 Å². The SMILES string of the molecule is Cc1cc(C(N)=O)cc(C)c1Oc1ccc(N)cc1C#N. The quantitative estimate of drug-likeness (QED) is 0.844. The molecule has 0 saturated heterocycles. The fraction of sp³-hybridized carbons (Fsp3) is 0.125. The first kappa shape index (κ1) is 14.4. The van der Waals surface area contributed by atoms with E-state index in [0.717, 1.165) is 11.1 Å². The van der Waals surface area contributed by atoms with Gasteiger partial charge in [0.25, 0.3) is 0 Å². The standard InChI is InChI=1S/C16H15N3O2/c1-9-5-11(16(19)20)6-10(2)15(9)21-14-4-3-13(18)7-12(14)8-17/h3-7H,18H2,1-2H3,(H2,19,20). The van der Waals surface area contributed by atoms with Crippen LogP contribution in [-0.2, 0) is 0 Å². The molecular formula is C16H15N3O2. The van der Waals surface area contributed by atoms with Gasteiger partial charge in [0.05, 0.1) is 5.56 Å². The highest BCUT2D eigenvalue weighted by molar-refractivity contribution is 5.93. The molecule has 106 valence electrons. The highest BCUT2D eigenvalue weighted by Gasteiger charge is 2.12. The van der Waals surface area contributed by atoms with Crippen molar-refractivity contribution in [3.63, 3.8) is 0 Å². The van der Waals surface area contributed by atoms with Gasteiger partial charge in [-0.25, -0.2) is 0 Å². The number of aryl methyl sites for hydroxylation is 2. The van der Waals surface area contributed by atoms with Crippen molar-refractivity contribution in [1.82, 2.24) is 0 Å². The summed E-state index contributed by atoms with van der Waals surface area (Å²) in [4.78, 5) is 11.2. The molecule has 2 rings (SSSR count). The van der Waals surface area contributed by atoms with Crippen LogP contribution in [0.4, 0.5) is 5.69 Å². The Morgan fingerprint density at radius 3 is 2.33 bits per heavy atom. The second-order valence-electron chi connectivity index (χ2n) is 4.77. The van der Waals surface area contributed by atoms with E-state index in [1.807, 2.05) is 19.9 Å². The van der Waals surface area contributed by atoms with E-state index in [4.69, 9.17) is 21.5 Å². The number of benzene rings is 2. The average molecular weight is 281 g/mol. The van der Waals surface area contributed by atoms with E-state index in [1.165, 1.54) is 0 Å². The summed E-state index contributed by atoms with van der Waals surface area (Å²) in [7, 11) is 0. The minimum absolute atomic E-state index is 0.354. The molecule has 5 nitrogen and oxygen atoms in total. The van der Waals surface area contributed by atoms with Crippen LogP contribution < -0.4 is 16.2 Å². The van der Waals surface area contributed by atoms with Crippen LogP contribution in [0.15, 0.2) is 30.3 Å². The molecule has 21 heavy (non-hydrogen) atoms. The Morgan fingerprint density at radius 2 is 1.81 bits per heavy atom. The van der Waals surface area contributed by atoms with Crippen molar-refractivity contribution in [2.75, 3.05) is 5.73 Å². The largest absolute Gasteiger partial charge is 0.455 e. The van der Waals surface area contributed by atoms with Gasteiger partial charge in [-0.15, -0.1) is 0 Å². The minimum atomic E-state index is -0.488. The van der Waals surface area contributed by atoms with Crippen LogP contribution in [0, 0.1) is 25.2 Å². The van der Waals surface area contributed by atoms with Crippen LogP contribution in [-0.4, -0.2) is 5.91 Å². The predicted molar refractivity (Wildman–Crippen MR) is 80.1 cm³/mol. The summed E-state index contributed by atoms with van der Waals surface area (Å²) in [5, 5.41) is 9.13. The normalized spacial score (nSPS) is 9.95. The average Bonchev–Trinajstić information content (AvgIpc) is 2.43. The number of hydrogen-bond donors (Lipinski definition) is 2. The number of nitrogen functional groups attached to an aromatic ring is 1. The molecule has 0 radical (unpaired) electrons. The van der Waals surface area contributed by atoms with Gasteiger partial charge in [-0.05, 0) is 55.3 Å². The van der Waals surface area contributed by atoms with Crippen molar-refractivity contribution in [2.45, 2.75) is 13.8 Å². The summed E-state index contributed by atoms with van der Waals surface area (Å²) in [6.07, 6.45) is 0. The zero-order valence-corrected chi connectivity index (χ0v) is 11.8. The van der Waals surface area contributed by atoms with E-state index in [2.05, 4.69) is 0 Å². The minimum Gasteiger partial charge on any atom is -0.455 e. The third-order valence-corrected chi connectivity index (χ3v) is 3.08. The van der Waals surface area contributed by atoms with Crippen molar-refractivity contribution in [3.05, 3.63) is 52.6 Å². The van der Waals surface area contributed by atoms with Crippen LogP contribution in [0.1, 0.15) is 27.0 Å². The summed E-state index contributed by atoms with van der Waals surface area (Å²) in [5.41, 5.74) is 13.7. The first-order valence-corrected chi connectivity index (χ1v) is 6.31. The fourth-order valence-electron chi connectivity index (χ4n) is 2.09. The molecule has 0 bridgehead atoms. The van der Waals surface area contributed by atoms with Crippen LogP contribution in [0.3, 0.4) is 0 Å². The molecule has 2 aromatic rings. The van der Waals surface area contributed by atoms with Crippen molar-refractivity contribution in [3.8, 4) is 17.6 Å². The number of rotatable bonds is 3. The molecule has 0 aliphatic rings. The van der Waals surface area contributed by atoms with Gasteiger partial charge in [0.1, 0.15) is 17.6 Å². The number of carbonyl (C=O) groups excluding carboxylic acids is 1. The summed E-state index contributed by atoms with van der Waals surface area (Å²) in [5.74, 6) is 0.531. The van der Waals surface area contributed by atoms with Gasteiger partial charge in [-0.1, -0.05) is 0 Å². The number of hydrogen-bond acceptors (Lipinski definition) is 4. The molecule has 0 saturated carbocycles. The summed E-state index contributed by atoms with van der Waals surface area (Å²) < 4.78 is 5.82. The van der Waals surface area contributed by atoms with Crippen molar-refractivity contribution in [2.24, 2.45) is 5.73 Å². The van der Waals surface area contributed by atoms with E-state index in [0.29, 0.717) is 28.3 Å². The van der Waals surface area contributed by atoms with E-state index >= 15 is 0 Å². The van der Waals surface area contributed by atoms with Crippen LogP contribution in [0.25, 0.3) is 0 Å². The number of nitrogens with zero attached hydrogens (tertiary/aromatic N) is 1. The number of anilines is 1. The molecule has 5 heteroatoms. The van der Waals surface area contributed by atoms with Crippen LogP contribution in [0.2, 0.25) is 0 Å². The van der Waals surface area contributed by atoms with Crippen molar-refractivity contribution >= 4 is 11.6 Å². The van der Waals surface area contributed by atoms with Gasteiger partial charge in [0, 0.05) is 11.3 Å². The monoisotopic (exact) mass is 281 g/mol. The Kier molecular flexibility index (Phi) is 3.81. The molecule has 0 aliphatic heterocycles. The lowest BCUT2D eigenvalue weighted by molar-refractivity contribution is 0.1000. The Hall–Kier alpha value is -3.00. The lowest BCUT2D eigenvalue weighted by atomic mass is 10.1. The van der Waals surface area contributed by atoms with E-state index in [1.54, 1.807) is 30.3 Å². The van der Waals surface area contributed by atoms with Gasteiger partial charge in [0.15, 0.2) is 0 Å². The number of nitriles is 1. The highest BCUT2D eigenvalue weighted by atomic mass is 16.5. The second kappa shape index (κ2) is 5.55. The zero-order chi connectivity index (χ0) is 15.6. The van der Waals surface area contributed by atoms with Gasteiger partial charge in [0.2, 0.25) is 5.91 Å². The predicted octanol–water partition coefficient (Wildman–Crippen LogP) is 2.65. The zero-order valence-electron chi connectivity index (χ0n) is 11.8. The van der Waals surface area contributed by atoms with E-state index in [9.17, 15) is 4.79 Å². The molecule has 4 N–H and O–H groups in total. The number of nitrogens with two attached hydrogens (primary N) is 2. The number of amides is 1. The maximum Gasteiger partial charge on any atom is 0.248 e. The summed E-state index contributed by atoms with van der Waals surface area (Å²) in [6.45, 7) is 3.64. The van der Waals surface area contributed by atoms with Crippen LogP contribution >= 0.6 is 0 Å². The maximum absolute atomic E-state index is 11.2. The molecule has 1 amide bonds. The lowest BCUT2D eigenvalue weighted by Gasteiger charge is -2.14. The molecule has 0 aliphatic carbocycles. The van der Waals surface area contributed by atoms with Gasteiger partial charge >= 0.3 is 0 Å². The van der Waals surface area contributed by atoms with Crippen molar-refractivity contribution in [1.29, 1.82) is 5.26 Å². The highest BCUT2D eigenvalue weighted by Crippen LogP contribution is 2.32. The molecule has 0 spiro atoms. The second-order valence-corrected chi connectivity index (χ2v) is 4.77. The molecule has 0 aromatic heterocycles. The number of primary amides is 1. The molecule has 0 atom stereocenters. The fourth-order valence-corrected chi connectivity index (χ4v) is 2.09. The Balaban J connectivity index is 2.46. The van der Waals surface area contributed by atoms with E-state index < -0.39 is 5.91 Å². The van der Waals surface area contributed by atoms with Gasteiger partial charge < -0.3 is 16.2 Å². The molecule has 0 heterocycles. The van der Waals surface area contributed by atoms with Gasteiger partial charge in [-0.3, -0.25) is 4.79 Å². The Bertz CT molecular complexity index is 738. The summed E-state index contributed by atoms with van der Waals surface area (Å²) in [6, 6.07) is 10.2. The topological polar surface area (TPSA) is 102 Å². The van der Waals surface area contributed by atoms with Crippen LogP contribution in [0.5, 0.6) is 11.5 Å². The molecule has 0 unspecified atom stereocenters. The number of ether oxygens (including phenoxy) is 1. The first-order valence-electron chi connectivity index (χ1n) is 6.31. The third-order valence-electron chi connectivity index (χ3n) is 3.08. The molecular weight excluding hydrogens is 266 g/mol. The van der Waals surface area contributed by atoms with Gasteiger partial charge in [-0.2, -0.15) is 5.26 Å². The maximum atomic E-state index is 11.2. The Morgan fingerprint density at radius 1 is 1.19 bits per heavy atom. The third kappa shape index (κ3) is 2.95. The molecule has 2 aromatic carbocycles. The Labute approximate surface area is 122 Å². The lowest BCUT2D eigenvalue weighted by Crippen LogP contribution is -2.11. The number of carbonyl (C=O) groups is 1. The summed E-state index contributed by atoms with van der Waals surface area (Å²) >= 11 is 0. The van der Waals surface area contributed by atoms with E-state index in [-0.39, 0.29) is 0 Å². The smallest absolute Gasteiger partial charge is 0.248 e.